The van der Waals surface area contributed by atoms with Gasteiger partial charge in [0.05, 0.1) is 17.6 Å². The maximum atomic E-state index is 13.2. The summed E-state index contributed by atoms with van der Waals surface area (Å²) in [5.41, 5.74) is -1.33. The van der Waals surface area contributed by atoms with Crippen LogP contribution in [0.2, 0.25) is 0 Å². The van der Waals surface area contributed by atoms with Crippen LogP contribution in [-0.4, -0.2) is 37.7 Å². The number of alkyl halides is 3. The number of rotatable bonds is 6. The molecule has 0 aliphatic carbocycles. The van der Waals surface area contributed by atoms with Crippen molar-refractivity contribution in [2.75, 3.05) is 26.9 Å². The van der Waals surface area contributed by atoms with E-state index in [-0.39, 0.29) is 23.5 Å². The summed E-state index contributed by atoms with van der Waals surface area (Å²) in [4.78, 5) is 23.2. The number of nitro groups is 1. The van der Waals surface area contributed by atoms with Crippen molar-refractivity contribution >= 4 is 11.6 Å². The Bertz CT molecular complexity index is 972. The maximum absolute atomic E-state index is 13.2. The Kier molecular flexibility index (Phi) is 6.49. The highest BCUT2D eigenvalue weighted by molar-refractivity contribution is 5.95. The molecule has 0 saturated carbocycles. The van der Waals surface area contributed by atoms with Crippen LogP contribution in [0.4, 0.5) is 18.9 Å². The summed E-state index contributed by atoms with van der Waals surface area (Å²) < 4.78 is 49.9. The molecule has 7 nitrogen and oxygen atoms in total. The van der Waals surface area contributed by atoms with Crippen LogP contribution in [0.5, 0.6) is 5.75 Å². The molecule has 1 aliphatic rings. The highest BCUT2D eigenvalue weighted by Gasteiger charge is 2.38. The second-order valence-corrected chi connectivity index (χ2v) is 7.30. The molecule has 0 radical (unpaired) electrons. The number of halogens is 3. The molecular weight excluding hydrogens is 417 g/mol. The number of benzene rings is 2. The van der Waals surface area contributed by atoms with Gasteiger partial charge in [-0.2, -0.15) is 13.2 Å². The Balaban J connectivity index is 1.85. The Morgan fingerprint density at radius 2 is 1.94 bits per heavy atom. The fourth-order valence-corrected chi connectivity index (χ4v) is 3.68. The Morgan fingerprint density at radius 1 is 1.23 bits per heavy atom. The summed E-state index contributed by atoms with van der Waals surface area (Å²) in [6.45, 7) is 0.760. The minimum atomic E-state index is -4.48. The van der Waals surface area contributed by atoms with E-state index >= 15 is 0 Å². The van der Waals surface area contributed by atoms with Gasteiger partial charge in [0.15, 0.2) is 5.75 Å². The van der Waals surface area contributed by atoms with Crippen LogP contribution < -0.4 is 10.1 Å². The lowest BCUT2D eigenvalue weighted by Crippen LogP contribution is -2.44. The topological polar surface area (TPSA) is 90.7 Å². The summed E-state index contributed by atoms with van der Waals surface area (Å²) in [5.74, 6) is -0.546. The number of hydrogen-bond donors (Lipinski definition) is 1. The van der Waals surface area contributed by atoms with Crippen LogP contribution >= 0.6 is 0 Å². The highest BCUT2D eigenvalue weighted by Crippen LogP contribution is 2.38. The van der Waals surface area contributed by atoms with Crippen molar-refractivity contribution in [3.05, 3.63) is 69.3 Å². The fourth-order valence-electron chi connectivity index (χ4n) is 3.68. The minimum absolute atomic E-state index is 0.0198. The molecule has 1 amide bonds. The predicted molar refractivity (Wildman–Crippen MR) is 105 cm³/mol. The summed E-state index contributed by atoms with van der Waals surface area (Å²) in [7, 11) is 1.28. The molecule has 1 N–H and O–H groups in total. The molecule has 2 aromatic rings. The van der Waals surface area contributed by atoms with E-state index in [1.54, 1.807) is 6.07 Å². The van der Waals surface area contributed by atoms with Crippen molar-refractivity contribution in [2.24, 2.45) is 0 Å². The summed E-state index contributed by atoms with van der Waals surface area (Å²) in [6.07, 6.45) is -3.62. The number of nitrogens with zero attached hydrogens (tertiary/aromatic N) is 1. The standard InChI is InChI=1S/C21H21F3N2O5/c1-30-18-6-5-14(11-17(18)26(28)29)19(27)25-13-20(7-9-31-10-8-20)15-3-2-4-16(12-15)21(22,23)24/h2-6,11-12H,7-10,13H2,1H3,(H,25,27). The van der Waals surface area contributed by atoms with Crippen LogP contribution in [0.15, 0.2) is 42.5 Å². The van der Waals surface area contributed by atoms with E-state index in [1.807, 2.05) is 0 Å². The zero-order valence-electron chi connectivity index (χ0n) is 16.7. The average Bonchev–Trinajstić information content (AvgIpc) is 2.77. The van der Waals surface area contributed by atoms with Gasteiger partial charge in [0.25, 0.3) is 5.91 Å². The van der Waals surface area contributed by atoms with Gasteiger partial charge in [-0.05, 0) is 36.6 Å². The van der Waals surface area contributed by atoms with Gasteiger partial charge in [-0.15, -0.1) is 0 Å². The number of methoxy groups -OCH3 is 1. The van der Waals surface area contributed by atoms with E-state index in [9.17, 15) is 28.1 Å². The van der Waals surface area contributed by atoms with Gasteiger partial charge >= 0.3 is 11.9 Å². The Labute approximate surface area is 176 Å². The lowest BCUT2D eigenvalue weighted by atomic mass is 9.73. The smallest absolute Gasteiger partial charge is 0.416 e. The molecular formula is C21H21F3N2O5. The number of hydrogen-bond acceptors (Lipinski definition) is 5. The van der Waals surface area contributed by atoms with E-state index in [2.05, 4.69) is 5.32 Å². The fraction of sp³-hybridized carbons (Fsp3) is 0.381. The number of ether oxygens (including phenoxy) is 2. The first-order valence-electron chi connectivity index (χ1n) is 9.52. The normalized spacial score (nSPS) is 15.9. The molecule has 0 atom stereocenters. The van der Waals surface area contributed by atoms with E-state index in [0.717, 1.165) is 18.2 Å². The lowest BCUT2D eigenvalue weighted by Gasteiger charge is -2.38. The van der Waals surface area contributed by atoms with Gasteiger partial charge in [-0.25, -0.2) is 0 Å². The van der Waals surface area contributed by atoms with Crippen molar-refractivity contribution in [2.45, 2.75) is 24.4 Å². The highest BCUT2D eigenvalue weighted by atomic mass is 19.4. The molecule has 3 rings (SSSR count). The first kappa shape index (κ1) is 22.5. The van der Waals surface area contributed by atoms with Gasteiger partial charge < -0.3 is 14.8 Å². The lowest BCUT2D eigenvalue weighted by molar-refractivity contribution is -0.385. The zero-order chi connectivity index (χ0) is 22.6. The van der Waals surface area contributed by atoms with Crippen molar-refractivity contribution < 1.29 is 32.4 Å². The van der Waals surface area contributed by atoms with Crippen LogP contribution in [0, 0.1) is 10.1 Å². The third kappa shape index (κ3) is 4.96. The number of amides is 1. The van der Waals surface area contributed by atoms with E-state index in [1.165, 1.54) is 25.3 Å². The minimum Gasteiger partial charge on any atom is -0.490 e. The number of carbonyl (C=O) groups excluding carboxylic acids is 1. The Hall–Kier alpha value is -3.14. The van der Waals surface area contributed by atoms with Crippen LogP contribution in [0.25, 0.3) is 0 Å². The number of nitrogens with one attached hydrogen (secondary N) is 1. The van der Waals surface area contributed by atoms with Gasteiger partial charge in [-0.3, -0.25) is 14.9 Å². The molecule has 31 heavy (non-hydrogen) atoms. The second kappa shape index (κ2) is 8.93. The molecule has 1 heterocycles. The van der Waals surface area contributed by atoms with E-state index < -0.39 is 28.0 Å². The molecule has 2 aromatic carbocycles. The largest absolute Gasteiger partial charge is 0.490 e. The average molecular weight is 438 g/mol. The molecule has 0 spiro atoms. The molecule has 166 valence electrons. The third-order valence-corrected chi connectivity index (χ3v) is 5.48. The third-order valence-electron chi connectivity index (χ3n) is 5.48. The van der Waals surface area contributed by atoms with Crippen molar-refractivity contribution in [1.29, 1.82) is 0 Å². The van der Waals surface area contributed by atoms with Crippen LogP contribution in [-0.2, 0) is 16.3 Å². The molecule has 0 aromatic heterocycles. The molecule has 10 heteroatoms. The molecule has 1 fully saturated rings. The quantitative estimate of drug-likeness (QED) is 0.542. The molecule has 1 saturated heterocycles. The van der Waals surface area contributed by atoms with Crippen molar-refractivity contribution in [3.63, 3.8) is 0 Å². The number of carbonyl (C=O) groups is 1. The first-order valence-corrected chi connectivity index (χ1v) is 9.52. The summed E-state index contributed by atoms with van der Waals surface area (Å²) in [5, 5.41) is 13.9. The predicted octanol–water partition coefficient (Wildman–Crippen LogP) is 4.10. The molecule has 0 bridgehead atoms. The van der Waals surface area contributed by atoms with Crippen LogP contribution in [0.1, 0.15) is 34.3 Å². The van der Waals surface area contributed by atoms with Gasteiger partial charge in [0.2, 0.25) is 0 Å². The monoisotopic (exact) mass is 438 g/mol. The van der Waals surface area contributed by atoms with Gasteiger partial charge in [0, 0.05) is 36.8 Å². The Morgan fingerprint density at radius 3 is 2.55 bits per heavy atom. The van der Waals surface area contributed by atoms with E-state index in [4.69, 9.17) is 9.47 Å². The molecule has 1 aliphatic heterocycles. The van der Waals surface area contributed by atoms with E-state index in [0.29, 0.717) is 31.6 Å². The molecule has 0 unspecified atom stereocenters. The second-order valence-electron chi connectivity index (χ2n) is 7.30. The SMILES string of the molecule is COc1ccc(C(=O)NCC2(c3cccc(C(F)(F)F)c3)CCOCC2)cc1[N+](=O)[O-]. The summed E-state index contributed by atoms with van der Waals surface area (Å²) >= 11 is 0. The first-order chi connectivity index (χ1) is 14.7. The van der Waals surface area contributed by atoms with Crippen molar-refractivity contribution in [3.8, 4) is 5.75 Å². The zero-order valence-corrected chi connectivity index (χ0v) is 16.7. The summed E-state index contributed by atoms with van der Waals surface area (Å²) in [6, 6.07) is 8.90. The maximum Gasteiger partial charge on any atom is 0.416 e. The van der Waals surface area contributed by atoms with Crippen molar-refractivity contribution in [1.82, 2.24) is 5.32 Å². The van der Waals surface area contributed by atoms with Gasteiger partial charge in [-0.1, -0.05) is 18.2 Å². The van der Waals surface area contributed by atoms with Crippen LogP contribution in [0.3, 0.4) is 0 Å². The van der Waals surface area contributed by atoms with Gasteiger partial charge in [0.1, 0.15) is 0 Å². The number of nitro benzene ring substituents is 1.